The fourth-order valence-corrected chi connectivity index (χ4v) is 2.09. The van der Waals surface area contributed by atoms with Crippen LogP contribution in [-0.4, -0.2) is 20.3 Å². The molecular weight excluding hydrogens is 262 g/mol. The van der Waals surface area contributed by atoms with E-state index in [9.17, 15) is 0 Å². The zero-order chi connectivity index (χ0) is 14.9. The molecule has 0 amide bonds. The molecule has 21 heavy (non-hydrogen) atoms. The van der Waals surface area contributed by atoms with Gasteiger partial charge in [0.05, 0.1) is 6.61 Å². The predicted molar refractivity (Wildman–Crippen MR) is 85.5 cm³/mol. The number of nitrogens with one attached hydrogen (secondary N) is 1. The molecule has 112 valence electrons. The monoisotopic (exact) mass is 285 g/mol. The fourth-order valence-electron chi connectivity index (χ4n) is 2.09. The molecule has 0 aliphatic carbocycles. The van der Waals surface area contributed by atoms with Crippen molar-refractivity contribution in [2.75, 3.05) is 20.3 Å². The second-order valence-electron chi connectivity index (χ2n) is 5.03. The molecule has 0 heterocycles. The molecule has 2 rings (SSSR count). The van der Waals surface area contributed by atoms with E-state index < -0.39 is 0 Å². The standard InChI is InChI=1S/C18H23NO2/c1-15-6-3-4-8-17(15)14-21-18-9-5-7-16(12-18)13-19-10-11-20-2/h3-9,12,19H,10-11,13-14H2,1-2H3. The van der Waals surface area contributed by atoms with Crippen molar-refractivity contribution in [2.45, 2.75) is 20.1 Å². The van der Waals surface area contributed by atoms with Gasteiger partial charge >= 0.3 is 0 Å². The third kappa shape index (κ3) is 5.21. The zero-order valence-electron chi connectivity index (χ0n) is 12.8. The van der Waals surface area contributed by atoms with Gasteiger partial charge in [0.2, 0.25) is 0 Å². The molecule has 0 aliphatic heterocycles. The Hall–Kier alpha value is -1.84. The van der Waals surface area contributed by atoms with E-state index in [4.69, 9.17) is 9.47 Å². The minimum atomic E-state index is 0.604. The Morgan fingerprint density at radius 2 is 1.90 bits per heavy atom. The van der Waals surface area contributed by atoms with E-state index in [0.717, 1.165) is 25.4 Å². The summed E-state index contributed by atoms with van der Waals surface area (Å²) in [7, 11) is 1.71. The Morgan fingerprint density at radius 1 is 1.05 bits per heavy atom. The quantitative estimate of drug-likeness (QED) is 0.755. The van der Waals surface area contributed by atoms with Crippen LogP contribution in [0.2, 0.25) is 0 Å². The van der Waals surface area contributed by atoms with E-state index >= 15 is 0 Å². The number of rotatable bonds is 8. The van der Waals surface area contributed by atoms with Gasteiger partial charge in [-0.15, -0.1) is 0 Å². The molecule has 0 aliphatic rings. The van der Waals surface area contributed by atoms with Gasteiger partial charge in [-0.05, 0) is 35.7 Å². The minimum absolute atomic E-state index is 0.604. The normalized spacial score (nSPS) is 10.6. The molecule has 3 nitrogen and oxygen atoms in total. The number of ether oxygens (including phenoxy) is 2. The molecule has 0 radical (unpaired) electrons. The van der Waals surface area contributed by atoms with Crippen molar-refractivity contribution in [1.29, 1.82) is 0 Å². The van der Waals surface area contributed by atoms with Crippen molar-refractivity contribution in [3.8, 4) is 5.75 Å². The van der Waals surface area contributed by atoms with Crippen molar-refractivity contribution < 1.29 is 9.47 Å². The van der Waals surface area contributed by atoms with Crippen molar-refractivity contribution >= 4 is 0 Å². The first-order chi connectivity index (χ1) is 10.3. The van der Waals surface area contributed by atoms with Gasteiger partial charge in [0.1, 0.15) is 12.4 Å². The van der Waals surface area contributed by atoms with E-state index in [1.54, 1.807) is 7.11 Å². The van der Waals surface area contributed by atoms with Gasteiger partial charge in [0, 0.05) is 20.2 Å². The van der Waals surface area contributed by atoms with E-state index in [1.165, 1.54) is 16.7 Å². The van der Waals surface area contributed by atoms with Gasteiger partial charge in [0.25, 0.3) is 0 Å². The zero-order valence-corrected chi connectivity index (χ0v) is 12.8. The highest BCUT2D eigenvalue weighted by molar-refractivity contribution is 5.30. The molecule has 2 aromatic rings. The third-order valence-electron chi connectivity index (χ3n) is 3.37. The van der Waals surface area contributed by atoms with Gasteiger partial charge in [-0.25, -0.2) is 0 Å². The summed E-state index contributed by atoms with van der Waals surface area (Å²) in [5.41, 5.74) is 3.70. The van der Waals surface area contributed by atoms with Gasteiger partial charge in [-0.1, -0.05) is 36.4 Å². The lowest BCUT2D eigenvalue weighted by molar-refractivity contribution is 0.199. The third-order valence-corrected chi connectivity index (χ3v) is 3.37. The largest absolute Gasteiger partial charge is 0.489 e. The van der Waals surface area contributed by atoms with Crippen molar-refractivity contribution in [2.24, 2.45) is 0 Å². The van der Waals surface area contributed by atoms with E-state index in [1.807, 2.05) is 24.3 Å². The molecule has 0 saturated carbocycles. The van der Waals surface area contributed by atoms with Crippen LogP contribution in [-0.2, 0) is 17.9 Å². The molecule has 0 spiro atoms. The summed E-state index contributed by atoms with van der Waals surface area (Å²) in [4.78, 5) is 0. The van der Waals surface area contributed by atoms with Crippen LogP contribution in [0.4, 0.5) is 0 Å². The Labute approximate surface area is 126 Å². The van der Waals surface area contributed by atoms with Crippen LogP contribution in [0, 0.1) is 6.92 Å². The Balaban J connectivity index is 1.87. The first-order valence-electron chi connectivity index (χ1n) is 7.25. The van der Waals surface area contributed by atoms with E-state index in [0.29, 0.717) is 6.61 Å². The Kier molecular flexibility index (Phi) is 6.25. The summed E-state index contributed by atoms with van der Waals surface area (Å²) in [5, 5.41) is 3.33. The highest BCUT2D eigenvalue weighted by Gasteiger charge is 2.00. The van der Waals surface area contributed by atoms with Crippen molar-refractivity contribution in [3.05, 3.63) is 65.2 Å². The smallest absolute Gasteiger partial charge is 0.120 e. The average molecular weight is 285 g/mol. The highest BCUT2D eigenvalue weighted by atomic mass is 16.5. The van der Waals surface area contributed by atoms with Crippen molar-refractivity contribution in [1.82, 2.24) is 5.32 Å². The lowest BCUT2D eigenvalue weighted by Crippen LogP contribution is -2.18. The second kappa shape index (κ2) is 8.45. The maximum absolute atomic E-state index is 5.89. The van der Waals surface area contributed by atoms with Gasteiger partial charge in [0.15, 0.2) is 0 Å². The first-order valence-corrected chi connectivity index (χ1v) is 7.25. The van der Waals surface area contributed by atoms with Crippen LogP contribution < -0.4 is 10.1 Å². The molecule has 1 N–H and O–H groups in total. The van der Waals surface area contributed by atoms with Crippen LogP contribution in [0.25, 0.3) is 0 Å². The van der Waals surface area contributed by atoms with Gasteiger partial charge in [-0.2, -0.15) is 0 Å². The molecule has 2 aromatic carbocycles. The van der Waals surface area contributed by atoms with Crippen LogP contribution in [0.5, 0.6) is 5.75 Å². The number of aryl methyl sites for hydroxylation is 1. The van der Waals surface area contributed by atoms with Crippen LogP contribution in [0.15, 0.2) is 48.5 Å². The summed E-state index contributed by atoms with van der Waals surface area (Å²) in [6, 6.07) is 16.5. The Morgan fingerprint density at radius 3 is 2.71 bits per heavy atom. The number of hydrogen-bond acceptors (Lipinski definition) is 3. The maximum Gasteiger partial charge on any atom is 0.120 e. The highest BCUT2D eigenvalue weighted by Crippen LogP contribution is 2.16. The molecular formula is C18H23NO2. The molecule has 3 heteroatoms. The van der Waals surface area contributed by atoms with Crippen molar-refractivity contribution in [3.63, 3.8) is 0 Å². The summed E-state index contributed by atoms with van der Waals surface area (Å²) < 4.78 is 10.9. The minimum Gasteiger partial charge on any atom is -0.489 e. The lowest BCUT2D eigenvalue weighted by atomic mass is 10.1. The topological polar surface area (TPSA) is 30.5 Å². The molecule has 0 atom stereocenters. The van der Waals surface area contributed by atoms with E-state index in [-0.39, 0.29) is 0 Å². The van der Waals surface area contributed by atoms with Gasteiger partial charge < -0.3 is 14.8 Å². The van der Waals surface area contributed by atoms with Crippen LogP contribution in [0.1, 0.15) is 16.7 Å². The van der Waals surface area contributed by atoms with Crippen LogP contribution >= 0.6 is 0 Å². The van der Waals surface area contributed by atoms with Gasteiger partial charge in [-0.3, -0.25) is 0 Å². The summed E-state index contributed by atoms with van der Waals surface area (Å²) in [6.45, 7) is 5.11. The molecule has 0 saturated heterocycles. The second-order valence-corrected chi connectivity index (χ2v) is 5.03. The summed E-state index contributed by atoms with van der Waals surface area (Å²) in [5.74, 6) is 0.907. The SMILES string of the molecule is COCCNCc1cccc(OCc2ccccc2C)c1. The van der Waals surface area contributed by atoms with E-state index in [2.05, 4.69) is 36.5 Å². The number of benzene rings is 2. The maximum atomic E-state index is 5.89. The first kappa shape index (κ1) is 15.5. The molecule has 0 aromatic heterocycles. The lowest BCUT2D eigenvalue weighted by Gasteiger charge is -2.10. The number of hydrogen-bond donors (Lipinski definition) is 1. The number of methoxy groups -OCH3 is 1. The molecule has 0 fully saturated rings. The summed E-state index contributed by atoms with van der Waals surface area (Å²) in [6.07, 6.45) is 0. The molecule has 0 bridgehead atoms. The summed E-state index contributed by atoms with van der Waals surface area (Å²) >= 11 is 0. The fraction of sp³-hybridized carbons (Fsp3) is 0.333. The van der Waals surface area contributed by atoms with Crippen LogP contribution in [0.3, 0.4) is 0 Å². The molecule has 0 unspecified atom stereocenters. The predicted octanol–water partition coefficient (Wildman–Crippen LogP) is 3.31. The Bertz CT molecular complexity index is 554. The average Bonchev–Trinajstić information content (AvgIpc) is 2.51.